The van der Waals surface area contributed by atoms with Crippen LogP contribution in [0, 0.1) is 3.70 Å². The summed E-state index contributed by atoms with van der Waals surface area (Å²) in [6.07, 6.45) is 0.669. The summed E-state index contributed by atoms with van der Waals surface area (Å²) in [5, 5.41) is 10.4. The second-order valence-electron chi connectivity index (χ2n) is 3.54. The predicted octanol–water partition coefficient (Wildman–Crippen LogP) is 2.82. The molecule has 1 unspecified atom stereocenters. The molecule has 1 N–H and O–H groups in total. The van der Waals surface area contributed by atoms with E-state index in [1.807, 2.05) is 22.6 Å². The smallest absolute Gasteiger partial charge is 0.154 e. The summed E-state index contributed by atoms with van der Waals surface area (Å²) in [6, 6.07) is 7.07. The number of rotatable bonds is 3. The second kappa shape index (κ2) is 5.81. The largest absolute Gasteiger partial charge is 0.497 e. The van der Waals surface area contributed by atoms with Crippen molar-refractivity contribution in [3.8, 4) is 5.75 Å². The van der Waals surface area contributed by atoms with Crippen molar-refractivity contribution in [1.82, 2.24) is 9.97 Å². The van der Waals surface area contributed by atoms with E-state index in [1.54, 1.807) is 37.6 Å². The molecule has 0 fully saturated rings. The van der Waals surface area contributed by atoms with Gasteiger partial charge in [-0.15, -0.1) is 0 Å². The average Bonchev–Trinajstić information content (AvgIpc) is 2.38. The van der Waals surface area contributed by atoms with Gasteiger partial charge in [-0.05, 0) is 40.3 Å². The van der Waals surface area contributed by atoms with E-state index in [2.05, 4.69) is 9.97 Å². The summed E-state index contributed by atoms with van der Waals surface area (Å²) >= 11 is 7.98. The molecule has 0 amide bonds. The zero-order chi connectivity index (χ0) is 13.1. The number of benzene rings is 1. The topological polar surface area (TPSA) is 55.2 Å². The third-order valence-corrected chi connectivity index (χ3v) is 3.21. The molecule has 6 heteroatoms. The second-order valence-corrected chi connectivity index (χ2v) is 5.01. The average molecular weight is 377 g/mol. The highest BCUT2D eigenvalue weighted by atomic mass is 127. The van der Waals surface area contributed by atoms with Crippen LogP contribution >= 0.6 is 34.2 Å². The summed E-state index contributed by atoms with van der Waals surface area (Å²) < 4.78 is 5.74. The lowest BCUT2D eigenvalue weighted by Crippen LogP contribution is -2.05. The lowest BCUT2D eigenvalue weighted by atomic mass is 10.1. The van der Waals surface area contributed by atoms with Crippen molar-refractivity contribution in [2.75, 3.05) is 7.11 Å². The van der Waals surface area contributed by atoms with Gasteiger partial charge in [-0.25, -0.2) is 4.98 Å². The van der Waals surface area contributed by atoms with Crippen molar-refractivity contribution in [3.63, 3.8) is 0 Å². The molecule has 1 heterocycles. The Morgan fingerprint density at radius 3 is 2.56 bits per heavy atom. The van der Waals surface area contributed by atoms with Crippen molar-refractivity contribution < 1.29 is 9.84 Å². The van der Waals surface area contributed by atoms with Crippen LogP contribution in [0.5, 0.6) is 5.75 Å². The molecular formula is C12H10ClIN2O2. The molecule has 0 spiro atoms. The van der Waals surface area contributed by atoms with Crippen molar-refractivity contribution in [3.05, 3.63) is 50.6 Å². The quantitative estimate of drug-likeness (QED) is 0.837. The lowest BCUT2D eigenvalue weighted by molar-refractivity contribution is 0.214. The van der Waals surface area contributed by atoms with Gasteiger partial charge < -0.3 is 9.84 Å². The van der Waals surface area contributed by atoms with Gasteiger partial charge in [0.2, 0.25) is 0 Å². The van der Waals surface area contributed by atoms with E-state index in [4.69, 9.17) is 16.3 Å². The molecule has 1 aromatic carbocycles. The number of methoxy groups -OCH3 is 1. The molecule has 0 saturated heterocycles. The number of aromatic nitrogens is 2. The van der Waals surface area contributed by atoms with Crippen molar-refractivity contribution >= 4 is 34.2 Å². The van der Waals surface area contributed by atoms with Gasteiger partial charge in [-0.1, -0.05) is 23.7 Å². The van der Waals surface area contributed by atoms with Crippen LogP contribution in [-0.4, -0.2) is 22.2 Å². The first-order valence-corrected chi connectivity index (χ1v) is 6.57. The van der Waals surface area contributed by atoms with Crippen LogP contribution in [0.2, 0.25) is 5.15 Å². The van der Waals surface area contributed by atoms with Crippen molar-refractivity contribution in [1.29, 1.82) is 0 Å². The highest BCUT2D eigenvalue weighted by Crippen LogP contribution is 2.26. The van der Waals surface area contributed by atoms with Crippen LogP contribution in [0.25, 0.3) is 0 Å². The molecule has 0 saturated carbocycles. The molecule has 0 aliphatic heterocycles. The van der Waals surface area contributed by atoms with E-state index >= 15 is 0 Å². The first kappa shape index (κ1) is 13.5. The van der Waals surface area contributed by atoms with Gasteiger partial charge >= 0.3 is 0 Å². The first-order valence-electron chi connectivity index (χ1n) is 5.11. The lowest BCUT2D eigenvalue weighted by Gasteiger charge is -2.12. The van der Waals surface area contributed by atoms with Gasteiger partial charge in [0.1, 0.15) is 21.2 Å². The normalized spacial score (nSPS) is 12.2. The van der Waals surface area contributed by atoms with Crippen LogP contribution in [-0.2, 0) is 0 Å². The number of ether oxygens (including phenoxy) is 1. The minimum Gasteiger partial charge on any atom is -0.497 e. The van der Waals surface area contributed by atoms with Crippen LogP contribution in [0.3, 0.4) is 0 Å². The standard InChI is InChI=1S/C12H10ClIN2O2/c1-18-8-4-2-7(3-5-8)11(17)10-12(13)16-9(14)6-15-10/h2-6,11,17H,1H3. The molecule has 94 valence electrons. The monoisotopic (exact) mass is 376 g/mol. The van der Waals surface area contributed by atoms with E-state index in [0.29, 0.717) is 15.0 Å². The fourth-order valence-corrected chi connectivity index (χ4v) is 2.25. The van der Waals surface area contributed by atoms with E-state index in [0.717, 1.165) is 5.75 Å². The van der Waals surface area contributed by atoms with Crippen LogP contribution in [0.15, 0.2) is 30.5 Å². The zero-order valence-corrected chi connectivity index (χ0v) is 12.4. The Bertz CT molecular complexity index is 548. The number of aliphatic hydroxyl groups excluding tert-OH is 1. The Morgan fingerprint density at radius 1 is 1.33 bits per heavy atom. The Balaban J connectivity index is 2.31. The van der Waals surface area contributed by atoms with Gasteiger partial charge in [-0.3, -0.25) is 4.98 Å². The molecule has 0 aliphatic carbocycles. The van der Waals surface area contributed by atoms with E-state index in [-0.39, 0.29) is 5.15 Å². The molecular weight excluding hydrogens is 367 g/mol. The number of hydrogen-bond acceptors (Lipinski definition) is 4. The molecule has 0 aliphatic rings. The SMILES string of the molecule is COc1ccc(C(O)c2ncc(I)nc2Cl)cc1. The summed E-state index contributed by atoms with van der Waals surface area (Å²) in [7, 11) is 1.59. The third kappa shape index (κ3) is 2.90. The highest BCUT2D eigenvalue weighted by Gasteiger charge is 2.16. The van der Waals surface area contributed by atoms with Crippen LogP contribution < -0.4 is 4.74 Å². The molecule has 2 aromatic rings. The van der Waals surface area contributed by atoms with Crippen molar-refractivity contribution in [2.24, 2.45) is 0 Å². The Morgan fingerprint density at radius 2 is 2.00 bits per heavy atom. The number of hydrogen-bond donors (Lipinski definition) is 1. The van der Waals surface area contributed by atoms with Gasteiger partial charge in [0, 0.05) is 0 Å². The Hall–Kier alpha value is -0.920. The van der Waals surface area contributed by atoms with Crippen LogP contribution in [0.1, 0.15) is 17.4 Å². The highest BCUT2D eigenvalue weighted by molar-refractivity contribution is 14.1. The Kier molecular flexibility index (Phi) is 4.36. The molecule has 1 atom stereocenters. The molecule has 1 aromatic heterocycles. The molecule has 0 bridgehead atoms. The fraction of sp³-hybridized carbons (Fsp3) is 0.167. The van der Waals surface area contributed by atoms with Gasteiger partial charge in [0.25, 0.3) is 0 Å². The molecule has 2 rings (SSSR count). The minimum absolute atomic E-state index is 0.213. The van der Waals surface area contributed by atoms with E-state index in [9.17, 15) is 5.11 Å². The van der Waals surface area contributed by atoms with E-state index in [1.165, 1.54) is 0 Å². The molecule has 4 nitrogen and oxygen atoms in total. The van der Waals surface area contributed by atoms with Gasteiger partial charge in [-0.2, -0.15) is 0 Å². The number of halogens is 2. The predicted molar refractivity (Wildman–Crippen MR) is 76.8 cm³/mol. The maximum Gasteiger partial charge on any atom is 0.154 e. The van der Waals surface area contributed by atoms with Gasteiger partial charge in [0.15, 0.2) is 5.15 Å². The first-order chi connectivity index (χ1) is 8.61. The molecule has 18 heavy (non-hydrogen) atoms. The Labute approximate surface area is 123 Å². The number of nitrogens with zero attached hydrogens (tertiary/aromatic N) is 2. The minimum atomic E-state index is -0.895. The molecule has 0 radical (unpaired) electrons. The van der Waals surface area contributed by atoms with E-state index < -0.39 is 6.10 Å². The summed E-state index contributed by atoms with van der Waals surface area (Å²) in [5.74, 6) is 0.728. The number of aliphatic hydroxyl groups is 1. The zero-order valence-electron chi connectivity index (χ0n) is 9.47. The third-order valence-electron chi connectivity index (χ3n) is 2.42. The summed E-state index contributed by atoms with van der Waals surface area (Å²) in [5.41, 5.74) is 1.04. The van der Waals surface area contributed by atoms with Crippen LogP contribution in [0.4, 0.5) is 0 Å². The van der Waals surface area contributed by atoms with Crippen molar-refractivity contribution in [2.45, 2.75) is 6.10 Å². The fourth-order valence-electron chi connectivity index (χ4n) is 1.48. The summed E-state index contributed by atoms with van der Waals surface area (Å²) in [4.78, 5) is 8.17. The maximum atomic E-state index is 10.2. The van der Waals surface area contributed by atoms with Gasteiger partial charge in [0.05, 0.1) is 13.3 Å². The maximum absolute atomic E-state index is 10.2. The summed E-state index contributed by atoms with van der Waals surface area (Å²) in [6.45, 7) is 0.